The minimum atomic E-state index is -0.560. The fraction of sp³-hybridized carbons (Fsp3) is 0.375. The predicted molar refractivity (Wildman–Crippen MR) is 82.2 cm³/mol. The van der Waals surface area contributed by atoms with E-state index in [0.717, 1.165) is 29.2 Å². The lowest BCUT2D eigenvalue weighted by molar-refractivity contribution is 0.115. The van der Waals surface area contributed by atoms with Crippen LogP contribution < -0.4 is 4.74 Å². The molecule has 2 aliphatic rings. The molecule has 0 fully saturated rings. The number of nitrogens with zero attached hydrogens (tertiary/aromatic N) is 2. The molecule has 2 heterocycles. The van der Waals surface area contributed by atoms with Crippen molar-refractivity contribution in [2.75, 3.05) is 5.75 Å². The summed E-state index contributed by atoms with van der Waals surface area (Å²) < 4.78 is 5.91. The van der Waals surface area contributed by atoms with Gasteiger partial charge in [-0.3, -0.25) is 0 Å². The molecule has 1 aromatic rings. The van der Waals surface area contributed by atoms with E-state index in [9.17, 15) is 0 Å². The third kappa shape index (κ3) is 2.46. The third-order valence-corrected chi connectivity index (χ3v) is 4.44. The van der Waals surface area contributed by atoms with Gasteiger partial charge in [0, 0.05) is 10.5 Å². The van der Waals surface area contributed by atoms with Gasteiger partial charge in [0.1, 0.15) is 5.75 Å². The SMILES string of the molecule is CC1(C)N=C(C2=CCCCS2)c2cc(C#N)ccc2O1. The molecule has 2 aliphatic heterocycles. The first-order valence-electron chi connectivity index (χ1n) is 6.76. The Morgan fingerprint density at radius 1 is 1.40 bits per heavy atom. The molecule has 0 saturated carbocycles. The maximum atomic E-state index is 9.09. The van der Waals surface area contributed by atoms with E-state index in [1.165, 1.54) is 11.3 Å². The van der Waals surface area contributed by atoms with Crippen LogP contribution in [0.25, 0.3) is 0 Å². The molecule has 3 rings (SSSR count). The number of thioether (sulfide) groups is 1. The molecule has 102 valence electrons. The van der Waals surface area contributed by atoms with Crippen LogP contribution in [-0.2, 0) is 0 Å². The number of ether oxygens (including phenoxy) is 1. The fourth-order valence-corrected chi connectivity index (χ4v) is 3.46. The van der Waals surface area contributed by atoms with E-state index in [2.05, 4.69) is 12.1 Å². The molecule has 3 nitrogen and oxygen atoms in total. The van der Waals surface area contributed by atoms with Gasteiger partial charge in [0.15, 0.2) is 5.72 Å². The van der Waals surface area contributed by atoms with Gasteiger partial charge < -0.3 is 4.74 Å². The summed E-state index contributed by atoms with van der Waals surface area (Å²) >= 11 is 1.84. The zero-order valence-electron chi connectivity index (χ0n) is 11.6. The number of benzene rings is 1. The molecule has 0 aliphatic carbocycles. The van der Waals surface area contributed by atoms with E-state index >= 15 is 0 Å². The molecule has 4 heteroatoms. The van der Waals surface area contributed by atoms with Crippen molar-refractivity contribution in [3.8, 4) is 11.8 Å². The first-order chi connectivity index (χ1) is 9.59. The van der Waals surface area contributed by atoms with Gasteiger partial charge in [-0.2, -0.15) is 5.26 Å². The van der Waals surface area contributed by atoms with Crippen LogP contribution in [-0.4, -0.2) is 17.2 Å². The summed E-state index contributed by atoms with van der Waals surface area (Å²) in [5.41, 5.74) is 1.98. The third-order valence-electron chi connectivity index (χ3n) is 3.27. The molecule has 0 radical (unpaired) electrons. The van der Waals surface area contributed by atoms with Crippen LogP contribution in [0.5, 0.6) is 5.75 Å². The summed E-state index contributed by atoms with van der Waals surface area (Å²) in [6.07, 6.45) is 4.56. The second kappa shape index (κ2) is 4.99. The monoisotopic (exact) mass is 284 g/mol. The number of hydrogen-bond donors (Lipinski definition) is 0. The van der Waals surface area contributed by atoms with E-state index in [-0.39, 0.29) is 0 Å². The van der Waals surface area contributed by atoms with Crippen molar-refractivity contribution in [1.29, 1.82) is 5.26 Å². The lowest BCUT2D eigenvalue weighted by Gasteiger charge is -2.31. The molecule has 0 amide bonds. The standard InChI is InChI=1S/C16H16N2OS/c1-16(2)18-15(14-5-3-4-8-20-14)12-9-11(10-17)6-7-13(12)19-16/h5-7,9H,3-4,8H2,1-2H3. The molecule has 0 N–H and O–H groups in total. The Kier molecular flexibility index (Phi) is 3.31. The molecule has 0 atom stereocenters. The molecule has 0 bridgehead atoms. The predicted octanol–water partition coefficient (Wildman–Crippen LogP) is 3.89. The minimum absolute atomic E-state index is 0.560. The Hall–Kier alpha value is -1.73. The zero-order valence-corrected chi connectivity index (χ0v) is 12.5. The van der Waals surface area contributed by atoms with Crippen LogP contribution in [0.2, 0.25) is 0 Å². The molecular weight excluding hydrogens is 268 g/mol. The Balaban J connectivity index is 2.14. The lowest BCUT2D eigenvalue weighted by Crippen LogP contribution is -2.32. The Bertz CT molecular complexity index is 653. The number of allylic oxidation sites excluding steroid dienone is 2. The van der Waals surface area contributed by atoms with Gasteiger partial charge in [-0.05, 0) is 50.6 Å². The Morgan fingerprint density at radius 2 is 2.25 bits per heavy atom. The quantitative estimate of drug-likeness (QED) is 0.786. The Morgan fingerprint density at radius 3 is 2.95 bits per heavy atom. The van der Waals surface area contributed by atoms with E-state index in [4.69, 9.17) is 15.0 Å². The highest BCUT2D eigenvalue weighted by molar-refractivity contribution is 8.04. The maximum Gasteiger partial charge on any atom is 0.195 e. The summed E-state index contributed by atoms with van der Waals surface area (Å²) in [5.74, 6) is 1.94. The van der Waals surface area contributed by atoms with E-state index < -0.39 is 5.72 Å². The van der Waals surface area contributed by atoms with E-state index in [1.807, 2.05) is 37.7 Å². The largest absolute Gasteiger partial charge is 0.466 e. The van der Waals surface area contributed by atoms with Crippen LogP contribution in [0.1, 0.15) is 37.8 Å². The molecule has 0 spiro atoms. The second-order valence-electron chi connectivity index (χ2n) is 5.39. The smallest absolute Gasteiger partial charge is 0.195 e. The first-order valence-corrected chi connectivity index (χ1v) is 7.74. The normalized spacial score (nSPS) is 20.1. The van der Waals surface area contributed by atoms with Gasteiger partial charge in [-0.15, -0.1) is 11.8 Å². The Labute approximate surface area is 123 Å². The van der Waals surface area contributed by atoms with Crippen molar-refractivity contribution in [3.63, 3.8) is 0 Å². The fourth-order valence-electron chi connectivity index (χ4n) is 2.41. The molecular formula is C16H16N2OS. The van der Waals surface area contributed by atoms with Gasteiger partial charge >= 0.3 is 0 Å². The minimum Gasteiger partial charge on any atom is -0.466 e. The van der Waals surface area contributed by atoms with Gasteiger partial charge in [0.2, 0.25) is 0 Å². The maximum absolute atomic E-state index is 9.09. The summed E-state index contributed by atoms with van der Waals surface area (Å²) in [4.78, 5) is 5.96. The van der Waals surface area contributed by atoms with Gasteiger partial charge in [-0.1, -0.05) is 6.08 Å². The van der Waals surface area contributed by atoms with Crippen LogP contribution in [0.3, 0.4) is 0 Å². The van der Waals surface area contributed by atoms with Crippen molar-refractivity contribution >= 4 is 17.5 Å². The van der Waals surface area contributed by atoms with Crippen molar-refractivity contribution < 1.29 is 4.74 Å². The van der Waals surface area contributed by atoms with Crippen LogP contribution in [0, 0.1) is 11.3 Å². The summed E-state index contributed by atoms with van der Waals surface area (Å²) in [6, 6.07) is 7.72. The van der Waals surface area contributed by atoms with E-state index in [0.29, 0.717) is 5.56 Å². The number of aliphatic imine (C=N–C) groups is 1. The average molecular weight is 284 g/mol. The van der Waals surface area contributed by atoms with Crippen molar-refractivity contribution in [3.05, 3.63) is 40.3 Å². The van der Waals surface area contributed by atoms with Crippen LogP contribution in [0.4, 0.5) is 0 Å². The molecule has 0 unspecified atom stereocenters. The van der Waals surface area contributed by atoms with Crippen LogP contribution >= 0.6 is 11.8 Å². The highest BCUT2D eigenvalue weighted by Crippen LogP contribution is 2.37. The highest BCUT2D eigenvalue weighted by atomic mass is 32.2. The first kappa shape index (κ1) is 13.3. The second-order valence-corrected chi connectivity index (χ2v) is 6.53. The van der Waals surface area contributed by atoms with Crippen molar-refractivity contribution in [2.45, 2.75) is 32.4 Å². The average Bonchev–Trinajstić information content (AvgIpc) is 2.46. The number of hydrogen-bond acceptors (Lipinski definition) is 4. The molecule has 0 aromatic heterocycles. The van der Waals surface area contributed by atoms with Crippen molar-refractivity contribution in [1.82, 2.24) is 0 Å². The van der Waals surface area contributed by atoms with Crippen LogP contribution in [0.15, 0.2) is 34.2 Å². The lowest BCUT2D eigenvalue weighted by atomic mass is 10.0. The van der Waals surface area contributed by atoms with E-state index in [1.54, 1.807) is 6.07 Å². The van der Waals surface area contributed by atoms with Crippen molar-refractivity contribution in [2.24, 2.45) is 4.99 Å². The number of fused-ring (bicyclic) bond motifs is 1. The number of rotatable bonds is 1. The number of nitriles is 1. The molecule has 20 heavy (non-hydrogen) atoms. The summed E-state index contributed by atoms with van der Waals surface area (Å²) in [5, 5.41) is 9.09. The van der Waals surface area contributed by atoms with Gasteiger partial charge in [0.25, 0.3) is 0 Å². The topological polar surface area (TPSA) is 45.4 Å². The summed E-state index contributed by atoms with van der Waals surface area (Å²) in [7, 11) is 0. The highest BCUT2D eigenvalue weighted by Gasteiger charge is 2.30. The molecule has 1 aromatic carbocycles. The molecule has 0 saturated heterocycles. The zero-order chi connectivity index (χ0) is 14.2. The van der Waals surface area contributed by atoms with Gasteiger partial charge in [-0.25, -0.2) is 4.99 Å². The van der Waals surface area contributed by atoms with Gasteiger partial charge in [0.05, 0.1) is 17.3 Å². The summed E-state index contributed by atoms with van der Waals surface area (Å²) in [6.45, 7) is 3.92.